The molecule has 1 aromatic carbocycles. The minimum absolute atomic E-state index is 0.423. The summed E-state index contributed by atoms with van der Waals surface area (Å²) in [6, 6.07) is 2.12. The molecule has 1 N–H and O–H groups in total. The van der Waals surface area contributed by atoms with Crippen LogP contribution in [0.25, 0.3) is 0 Å². The van der Waals surface area contributed by atoms with Crippen LogP contribution in [0.1, 0.15) is 48.4 Å². The van der Waals surface area contributed by atoms with E-state index in [-0.39, 0.29) is 0 Å². The molecule has 0 amide bonds. The fourth-order valence-electron chi connectivity index (χ4n) is 1.85. The highest BCUT2D eigenvalue weighted by atomic mass is 79.9. The zero-order chi connectivity index (χ0) is 11.6. The van der Waals surface area contributed by atoms with Gasteiger partial charge in [0.1, 0.15) is 5.75 Å². The Hall–Kier alpha value is -0.500. The minimum atomic E-state index is 0.423. The van der Waals surface area contributed by atoms with Crippen LogP contribution in [-0.2, 0) is 5.33 Å². The maximum absolute atomic E-state index is 10.1. The molecule has 0 spiro atoms. The van der Waals surface area contributed by atoms with E-state index in [0.29, 0.717) is 11.7 Å². The third kappa shape index (κ3) is 2.36. The number of hydrogen-bond donors (Lipinski definition) is 1. The summed E-state index contributed by atoms with van der Waals surface area (Å²) in [7, 11) is 0. The van der Waals surface area contributed by atoms with Crippen LogP contribution in [0.4, 0.5) is 0 Å². The molecule has 0 fully saturated rings. The molecule has 0 aliphatic heterocycles. The van der Waals surface area contributed by atoms with Crippen LogP contribution in [0.15, 0.2) is 6.07 Å². The summed E-state index contributed by atoms with van der Waals surface area (Å²) < 4.78 is 0. The van der Waals surface area contributed by atoms with Crippen molar-refractivity contribution < 1.29 is 5.11 Å². The Morgan fingerprint density at radius 1 is 1.40 bits per heavy atom. The lowest BCUT2D eigenvalue weighted by Crippen LogP contribution is -1.99. The van der Waals surface area contributed by atoms with Gasteiger partial charge in [0.2, 0.25) is 0 Å². The van der Waals surface area contributed by atoms with Gasteiger partial charge in [-0.05, 0) is 48.4 Å². The predicted molar refractivity (Wildman–Crippen MR) is 68.9 cm³/mol. The molecule has 15 heavy (non-hydrogen) atoms. The number of rotatable bonds is 3. The second-order valence-corrected chi connectivity index (χ2v) is 4.74. The Morgan fingerprint density at radius 2 is 2.00 bits per heavy atom. The van der Waals surface area contributed by atoms with Gasteiger partial charge in [-0.25, -0.2) is 0 Å². The highest BCUT2D eigenvalue weighted by molar-refractivity contribution is 9.08. The smallest absolute Gasteiger partial charge is 0.122 e. The molecule has 0 saturated heterocycles. The maximum atomic E-state index is 10.1. The minimum Gasteiger partial charge on any atom is -0.507 e. The Morgan fingerprint density at radius 3 is 2.47 bits per heavy atom. The van der Waals surface area contributed by atoms with Gasteiger partial charge >= 0.3 is 0 Å². The molecule has 0 saturated carbocycles. The van der Waals surface area contributed by atoms with Crippen molar-refractivity contribution in [2.75, 3.05) is 0 Å². The average molecular weight is 271 g/mol. The largest absolute Gasteiger partial charge is 0.507 e. The number of aryl methyl sites for hydroxylation is 1. The second kappa shape index (κ2) is 5.02. The van der Waals surface area contributed by atoms with E-state index in [1.54, 1.807) is 0 Å². The van der Waals surface area contributed by atoms with Gasteiger partial charge in [0.25, 0.3) is 0 Å². The molecule has 1 aromatic rings. The molecule has 0 heterocycles. The number of benzene rings is 1. The standard InChI is InChI=1S/C13H19BrO/c1-5-8(2)11-6-9(3)12(7-14)10(4)13(11)15/h6,8,15H,5,7H2,1-4H3. The lowest BCUT2D eigenvalue weighted by atomic mass is 9.91. The highest BCUT2D eigenvalue weighted by Gasteiger charge is 2.15. The maximum Gasteiger partial charge on any atom is 0.122 e. The van der Waals surface area contributed by atoms with E-state index in [9.17, 15) is 5.11 Å². The number of phenols is 1. The quantitative estimate of drug-likeness (QED) is 0.807. The summed E-state index contributed by atoms with van der Waals surface area (Å²) in [6.07, 6.45) is 1.06. The Labute approximate surface area is 101 Å². The van der Waals surface area contributed by atoms with Gasteiger partial charge in [-0.2, -0.15) is 0 Å². The van der Waals surface area contributed by atoms with Crippen molar-refractivity contribution in [2.24, 2.45) is 0 Å². The topological polar surface area (TPSA) is 20.2 Å². The van der Waals surface area contributed by atoms with Crippen molar-refractivity contribution in [1.82, 2.24) is 0 Å². The van der Waals surface area contributed by atoms with Crippen molar-refractivity contribution in [2.45, 2.75) is 45.4 Å². The summed E-state index contributed by atoms with van der Waals surface area (Å²) in [6.45, 7) is 8.40. The first-order chi connectivity index (χ1) is 7.02. The first-order valence-electron chi connectivity index (χ1n) is 5.40. The van der Waals surface area contributed by atoms with Crippen LogP contribution in [0, 0.1) is 13.8 Å². The summed E-state index contributed by atoms with van der Waals surface area (Å²) in [5.41, 5.74) is 4.57. The second-order valence-electron chi connectivity index (χ2n) is 4.18. The zero-order valence-corrected chi connectivity index (χ0v) is 11.5. The summed E-state index contributed by atoms with van der Waals surface area (Å²) in [5, 5.41) is 10.9. The fourth-order valence-corrected chi connectivity index (χ4v) is 2.71. The number of alkyl halides is 1. The van der Waals surface area contributed by atoms with Crippen LogP contribution in [0.2, 0.25) is 0 Å². The highest BCUT2D eigenvalue weighted by Crippen LogP contribution is 2.35. The number of phenolic OH excluding ortho intramolecular Hbond substituents is 1. The van der Waals surface area contributed by atoms with E-state index in [2.05, 4.69) is 42.8 Å². The van der Waals surface area contributed by atoms with E-state index in [0.717, 1.165) is 22.9 Å². The molecule has 84 valence electrons. The Balaban J connectivity index is 3.33. The molecular formula is C13H19BrO. The molecule has 1 atom stereocenters. The van der Waals surface area contributed by atoms with E-state index in [1.807, 2.05) is 6.92 Å². The van der Waals surface area contributed by atoms with Gasteiger partial charge < -0.3 is 5.11 Å². The lowest BCUT2D eigenvalue weighted by molar-refractivity contribution is 0.457. The average Bonchev–Trinajstić information content (AvgIpc) is 2.23. The SMILES string of the molecule is CCC(C)c1cc(C)c(CBr)c(C)c1O. The van der Waals surface area contributed by atoms with E-state index in [4.69, 9.17) is 0 Å². The van der Waals surface area contributed by atoms with Gasteiger partial charge in [-0.1, -0.05) is 35.8 Å². The predicted octanol–water partition coefficient (Wildman–Crippen LogP) is 4.42. The van der Waals surface area contributed by atoms with Crippen LogP contribution in [-0.4, -0.2) is 5.11 Å². The van der Waals surface area contributed by atoms with Gasteiger partial charge in [-0.15, -0.1) is 0 Å². The first-order valence-corrected chi connectivity index (χ1v) is 6.52. The van der Waals surface area contributed by atoms with Crippen molar-refractivity contribution in [3.63, 3.8) is 0 Å². The van der Waals surface area contributed by atoms with Crippen LogP contribution < -0.4 is 0 Å². The first kappa shape index (κ1) is 12.6. The summed E-state index contributed by atoms with van der Waals surface area (Å²) in [5.74, 6) is 0.899. The molecule has 1 nitrogen and oxygen atoms in total. The Kier molecular flexibility index (Phi) is 4.21. The normalized spacial score (nSPS) is 12.9. The van der Waals surface area contributed by atoms with Gasteiger partial charge in [0, 0.05) is 5.33 Å². The molecule has 0 aromatic heterocycles. The van der Waals surface area contributed by atoms with Crippen LogP contribution in [0.3, 0.4) is 0 Å². The summed E-state index contributed by atoms with van der Waals surface area (Å²) in [4.78, 5) is 0. The van der Waals surface area contributed by atoms with Crippen molar-refractivity contribution in [3.05, 3.63) is 28.3 Å². The molecule has 0 radical (unpaired) electrons. The fraction of sp³-hybridized carbons (Fsp3) is 0.538. The molecule has 0 bridgehead atoms. The number of hydrogen-bond acceptors (Lipinski definition) is 1. The molecule has 0 aliphatic carbocycles. The van der Waals surface area contributed by atoms with Crippen molar-refractivity contribution in [3.8, 4) is 5.75 Å². The molecule has 1 unspecified atom stereocenters. The van der Waals surface area contributed by atoms with Gasteiger partial charge in [-0.3, -0.25) is 0 Å². The van der Waals surface area contributed by atoms with E-state index >= 15 is 0 Å². The third-order valence-corrected chi connectivity index (χ3v) is 3.77. The van der Waals surface area contributed by atoms with E-state index in [1.165, 1.54) is 11.1 Å². The van der Waals surface area contributed by atoms with Crippen molar-refractivity contribution in [1.29, 1.82) is 0 Å². The monoisotopic (exact) mass is 270 g/mol. The molecule has 2 heteroatoms. The molecular weight excluding hydrogens is 252 g/mol. The Bertz CT molecular complexity index is 358. The number of aromatic hydroxyl groups is 1. The van der Waals surface area contributed by atoms with Crippen LogP contribution >= 0.6 is 15.9 Å². The molecule has 0 aliphatic rings. The van der Waals surface area contributed by atoms with Crippen LogP contribution in [0.5, 0.6) is 5.75 Å². The number of halogens is 1. The third-order valence-electron chi connectivity index (χ3n) is 3.21. The summed E-state index contributed by atoms with van der Waals surface area (Å²) >= 11 is 3.46. The lowest BCUT2D eigenvalue weighted by Gasteiger charge is -2.17. The van der Waals surface area contributed by atoms with Crippen molar-refractivity contribution >= 4 is 15.9 Å². The zero-order valence-electron chi connectivity index (χ0n) is 9.89. The van der Waals surface area contributed by atoms with Gasteiger partial charge in [0.05, 0.1) is 0 Å². The molecule has 1 rings (SSSR count). The van der Waals surface area contributed by atoms with E-state index < -0.39 is 0 Å². The van der Waals surface area contributed by atoms with Gasteiger partial charge in [0.15, 0.2) is 0 Å².